The molecule has 1 aromatic carbocycles. The molecule has 0 aliphatic heterocycles. The Balaban J connectivity index is 1.93. The van der Waals surface area contributed by atoms with E-state index in [-0.39, 0.29) is 18.8 Å². The van der Waals surface area contributed by atoms with Gasteiger partial charge in [0.25, 0.3) is 5.56 Å². The van der Waals surface area contributed by atoms with Crippen LogP contribution in [0.5, 0.6) is 5.75 Å². The Kier molecular flexibility index (Phi) is 4.33. The molecule has 0 radical (unpaired) electrons. The summed E-state index contributed by atoms with van der Waals surface area (Å²) in [5.41, 5.74) is 0.0781. The Labute approximate surface area is 157 Å². The van der Waals surface area contributed by atoms with Crippen LogP contribution in [0.2, 0.25) is 0 Å². The van der Waals surface area contributed by atoms with Gasteiger partial charge in [-0.25, -0.2) is 14.8 Å². The Bertz CT molecular complexity index is 1200. The van der Waals surface area contributed by atoms with Gasteiger partial charge >= 0.3 is 5.97 Å². The van der Waals surface area contributed by atoms with Gasteiger partial charge in [-0.3, -0.25) is 9.36 Å². The largest absolute Gasteiger partial charge is 0.506 e. The van der Waals surface area contributed by atoms with E-state index in [4.69, 9.17) is 4.74 Å². The van der Waals surface area contributed by atoms with Crippen molar-refractivity contribution in [2.24, 2.45) is 0 Å². The number of thiazole rings is 1. The Hall–Kier alpha value is -3.26. The van der Waals surface area contributed by atoms with Crippen molar-refractivity contribution >= 4 is 38.6 Å². The zero-order chi connectivity index (χ0) is 19.0. The standard InChI is InChI=1S/C19H15N3O4S/c1-2-26-19(25)15-16(23)11-6-5-9-20-17(11)22(18(15)24)10-14-21-12-7-3-4-8-13(12)27-14/h3-9,23H,2,10H2,1H3. The average Bonchev–Trinajstić information content (AvgIpc) is 3.08. The van der Waals surface area contributed by atoms with E-state index in [0.717, 1.165) is 10.2 Å². The summed E-state index contributed by atoms with van der Waals surface area (Å²) in [5, 5.41) is 11.5. The summed E-state index contributed by atoms with van der Waals surface area (Å²) in [5.74, 6) is -1.27. The predicted octanol–water partition coefficient (Wildman–Crippen LogP) is 2.94. The third kappa shape index (κ3) is 2.93. The van der Waals surface area contributed by atoms with Crippen LogP contribution in [-0.4, -0.2) is 32.2 Å². The van der Waals surface area contributed by atoms with Crippen LogP contribution in [0.15, 0.2) is 47.4 Å². The quantitative estimate of drug-likeness (QED) is 0.546. The number of carbonyl (C=O) groups is 1. The molecular weight excluding hydrogens is 366 g/mol. The van der Waals surface area contributed by atoms with Crippen molar-refractivity contribution in [3.05, 3.63) is 63.5 Å². The lowest BCUT2D eigenvalue weighted by atomic mass is 10.1. The maximum Gasteiger partial charge on any atom is 0.347 e. The van der Waals surface area contributed by atoms with E-state index in [0.29, 0.717) is 10.4 Å². The molecule has 0 saturated carbocycles. The van der Waals surface area contributed by atoms with Gasteiger partial charge < -0.3 is 9.84 Å². The van der Waals surface area contributed by atoms with Gasteiger partial charge in [-0.2, -0.15) is 0 Å². The number of esters is 1. The molecule has 0 unspecified atom stereocenters. The molecule has 27 heavy (non-hydrogen) atoms. The Morgan fingerprint density at radius 2 is 2.07 bits per heavy atom. The molecule has 4 aromatic rings. The van der Waals surface area contributed by atoms with E-state index < -0.39 is 22.8 Å². The number of hydrogen-bond donors (Lipinski definition) is 1. The fourth-order valence-corrected chi connectivity index (χ4v) is 3.88. The lowest BCUT2D eigenvalue weighted by Gasteiger charge is -2.12. The van der Waals surface area contributed by atoms with Crippen LogP contribution in [0, 0.1) is 0 Å². The molecule has 0 aliphatic carbocycles. The predicted molar refractivity (Wildman–Crippen MR) is 102 cm³/mol. The van der Waals surface area contributed by atoms with Crippen molar-refractivity contribution in [3.63, 3.8) is 0 Å². The Morgan fingerprint density at radius 1 is 1.26 bits per heavy atom. The van der Waals surface area contributed by atoms with Crippen molar-refractivity contribution in [3.8, 4) is 5.75 Å². The number of benzene rings is 1. The smallest absolute Gasteiger partial charge is 0.347 e. The van der Waals surface area contributed by atoms with Gasteiger partial charge in [0.1, 0.15) is 16.4 Å². The number of nitrogens with zero attached hydrogens (tertiary/aromatic N) is 3. The summed E-state index contributed by atoms with van der Waals surface area (Å²) in [6.07, 6.45) is 1.53. The van der Waals surface area contributed by atoms with Crippen LogP contribution >= 0.6 is 11.3 Å². The van der Waals surface area contributed by atoms with E-state index >= 15 is 0 Å². The van der Waals surface area contributed by atoms with Crippen LogP contribution in [0.25, 0.3) is 21.3 Å². The number of para-hydroxylation sites is 1. The highest BCUT2D eigenvalue weighted by atomic mass is 32.1. The molecule has 0 aliphatic rings. The molecule has 3 heterocycles. The van der Waals surface area contributed by atoms with Crippen molar-refractivity contribution < 1.29 is 14.6 Å². The van der Waals surface area contributed by atoms with E-state index in [1.807, 2.05) is 24.3 Å². The van der Waals surface area contributed by atoms with Crippen LogP contribution in [0.3, 0.4) is 0 Å². The average molecular weight is 381 g/mol. The molecule has 0 amide bonds. The summed E-state index contributed by atoms with van der Waals surface area (Å²) in [6.45, 7) is 1.87. The molecular formula is C19H15N3O4S. The number of ether oxygens (including phenoxy) is 1. The number of hydrogen-bond acceptors (Lipinski definition) is 7. The minimum absolute atomic E-state index is 0.0979. The molecule has 0 bridgehead atoms. The van der Waals surface area contributed by atoms with Gasteiger partial charge in [0.05, 0.1) is 28.8 Å². The second kappa shape index (κ2) is 6.81. The molecule has 7 nitrogen and oxygen atoms in total. The summed E-state index contributed by atoms with van der Waals surface area (Å²) < 4.78 is 7.29. The van der Waals surface area contributed by atoms with Crippen LogP contribution < -0.4 is 5.56 Å². The zero-order valence-corrected chi connectivity index (χ0v) is 15.2. The molecule has 0 saturated heterocycles. The molecule has 0 atom stereocenters. The number of aromatic hydroxyl groups is 1. The number of pyridine rings is 2. The molecule has 3 aromatic heterocycles. The van der Waals surface area contributed by atoms with E-state index in [9.17, 15) is 14.7 Å². The molecule has 0 fully saturated rings. The second-order valence-electron chi connectivity index (χ2n) is 5.79. The highest BCUT2D eigenvalue weighted by Gasteiger charge is 2.24. The Morgan fingerprint density at radius 3 is 2.85 bits per heavy atom. The van der Waals surface area contributed by atoms with Crippen molar-refractivity contribution in [2.75, 3.05) is 6.61 Å². The van der Waals surface area contributed by atoms with Gasteiger partial charge in [0.15, 0.2) is 5.56 Å². The molecule has 1 N–H and O–H groups in total. The van der Waals surface area contributed by atoms with Gasteiger partial charge in [-0.05, 0) is 31.2 Å². The molecule has 0 spiro atoms. The first kappa shape index (κ1) is 17.2. The van der Waals surface area contributed by atoms with Crippen LogP contribution in [0.1, 0.15) is 22.3 Å². The highest BCUT2D eigenvalue weighted by Crippen LogP contribution is 2.27. The van der Waals surface area contributed by atoms with Crippen molar-refractivity contribution in [2.45, 2.75) is 13.5 Å². The minimum Gasteiger partial charge on any atom is -0.506 e. The first-order chi connectivity index (χ1) is 13.1. The SMILES string of the molecule is CCOC(=O)c1c(O)c2cccnc2n(Cc2nc3ccccc3s2)c1=O. The van der Waals surface area contributed by atoms with Gasteiger partial charge in [-0.1, -0.05) is 12.1 Å². The molecule has 4 rings (SSSR count). The van der Waals surface area contributed by atoms with Crippen molar-refractivity contribution in [1.29, 1.82) is 0 Å². The van der Waals surface area contributed by atoms with Gasteiger partial charge in [0.2, 0.25) is 0 Å². The van der Waals surface area contributed by atoms with E-state index in [1.165, 1.54) is 22.1 Å². The lowest BCUT2D eigenvalue weighted by Crippen LogP contribution is -2.28. The topological polar surface area (TPSA) is 94.3 Å². The molecule has 136 valence electrons. The fraction of sp³-hybridized carbons (Fsp3) is 0.158. The maximum atomic E-state index is 13.0. The number of aromatic nitrogens is 3. The maximum absolute atomic E-state index is 13.0. The second-order valence-corrected chi connectivity index (χ2v) is 6.90. The summed E-state index contributed by atoms with van der Waals surface area (Å²) in [4.78, 5) is 34.0. The third-order valence-corrected chi connectivity index (χ3v) is 5.13. The summed E-state index contributed by atoms with van der Waals surface area (Å²) in [7, 11) is 0. The normalized spacial score (nSPS) is 11.1. The summed E-state index contributed by atoms with van der Waals surface area (Å²) in [6, 6.07) is 10.9. The first-order valence-corrected chi connectivity index (χ1v) is 9.14. The monoisotopic (exact) mass is 381 g/mol. The van der Waals surface area contributed by atoms with Crippen molar-refractivity contribution in [1.82, 2.24) is 14.5 Å². The van der Waals surface area contributed by atoms with Crippen LogP contribution in [0.4, 0.5) is 0 Å². The third-order valence-electron chi connectivity index (χ3n) is 4.10. The van der Waals surface area contributed by atoms with Gasteiger partial charge in [0, 0.05) is 6.20 Å². The molecule has 8 heteroatoms. The number of rotatable bonds is 4. The van der Waals surface area contributed by atoms with Gasteiger partial charge in [-0.15, -0.1) is 11.3 Å². The lowest BCUT2D eigenvalue weighted by molar-refractivity contribution is 0.0520. The highest BCUT2D eigenvalue weighted by molar-refractivity contribution is 7.18. The zero-order valence-electron chi connectivity index (χ0n) is 14.4. The van der Waals surface area contributed by atoms with E-state index in [1.54, 1.807) is 19.1 Å². The van der Waals surface area contributed by atoms with E-state index in [2.05, 4.69) is 9.97 Å². The van der Waals surface area contributed by atoms with Crippen LogP contribution in [-0.2, 0) is 11.3 Å². The fourth-order valence-electron chi connectivity index (χ4n) is 2.92. The number of carbonyl (C=O) groups excluding carboxylic acids is 1. The summed E-state index contributed by atoms with van der Waals surface area (Å²) >= 11 is 1.46. The minimum atomic E-state index is -0.858. The number of fused-ring (bicyclic) bond motifs is 2. The first-order valence-electron chi connectivity index (χ1n) is 8.32.